The number of fused-ring (bicyclic) bond motifs is 1. The lowest BCUT2D eigenvalue weighted by molar-refractivity contribution is -0.147. The minimum Gasteiger partial charge on any atom is -0.492 e. The molecule has 4 rings (SSSR count). The molecule has 0 spiro atoms. The molecule has 0 unspecified atom stereocenters. The summed E-state index contributed by atoms with van der Waals surface area (Å²) < 4.78 is 12.0. The number of esters is 1. The lowest BCUT2D eigenvalue weighted by Crippen LogP contribution is -2.39. The van der Waals surface area contributed by atoms with Gasteiger partial charge in [0.2, 0.25) is 10.8 Å². The number of thiazole rings is 1. The van der Waals surface area contributed by atoms with Crippen molar-refractivity contribution < 1.29 is 19.1 Å². The summed E-state index contributed by atoms with van der Waals surface area (Å²) in [7, 11) is 1.43. The normalized spacial score (nSPS) is 17.6. The Hall–Kier alpha value is -2.39. The van der Waals surface area contributed by atoms with Gasteiger partial charge >= 0.3 is 5.97 Å². The number of aryl methyl sites for hydroxylation is 1. The summed E-state index contributed by atoms with van der Waals surface area (Å²) in [5.74, 6) is 1.22. The summed E-state index contributed by atoms with van der Waals surface area (Å²) in [6, 6.07) is 3.50. The summed E-state index contributed by atoms with van der Waals surface area (Å²) >= 11 is 1.40. The van der Waals surface area contributed by atoms with Crippen LogP contribution in [0.3, 0.4) is 0 Å². The summed E-state index contributed by atoms with van der Waals surface area (Å²) in [6.45, 7) is 3.20. The van der Waals surface area contributed by atoms with Crippen LogP contribution in [0.2, 0.25) is 0 Å². The van der Waals surface area contributed by atoms with Gasteiger partial charge in [-0.05, 0) is 31.9 Å². The fraction of sp³-hybridized carbons (Fsp3) is 0.471. The highest BCUT2D eigenvalue weighted by Crippen LogP contribution is 2.41. The Kier molecular flexibility index (Phi) is 4.41. The first-order valence-electron chi connectivity index (χ1n) is 8.48. The molecular weight excluding hydrogens is 356 g/mol. The number of hydrogen-bond acceptors (Lipinski definition) is 8. The minimum atomic E-state index is -0.239. The molecule has 0 aliphatic carbocycles. The fourth-order valence-electron chi connectivity index (χ4n) is 3.51. The van der Waals surface area contributed by atoms with Gasteiger partial charge < -0.3 is 14.3 Å². The fourth-order valence-corrected chi connectivity index (χ4v) is 4.65. The van der Waals surface area contributed by atoms with E-state index in [0.717, 1.165) is 10.6 Å². The standard InChI is InChI=1S/C17H20N4O4S/c1-10-18-17-21(19-10)15(22)14(26-17)13(12-4-3-9-25-12)20-7-5-11(6-8-20)16(23)24-2/h3-4,9,11,13,22H,5-8H2,1-2H3/t13-/m0/s1. The zero-order chi connectivity index (χ0) is 18.3. The van der Waals surface area contributed by atoms with Crippen LogP contribution in [0.25, 0.3) is 4.96 Å². The third-order valence-corrected chi connectivity index (χ3v) is 5.87. The Morgan fingerprint density at radius 1 is 1.46 bits per heavy atom. The van der Waals surface area contributed by atoms with E-state index in [9.17, 15) is 9.90 Å². The Bertz CT molecular complexity index is 909. The second-order valence-corrected chi connectivity index (χ2v) is 7.40. The highest BCUT2D eigenvalue weighted by atomic mass is 32.1. The summed E-state index contributed by atoms with van der Waals surface area (Å²) in [5.41, 5.74) is 0. The van der Waals surface area contributed by atoms with Crippen molar-refractivity contribution in [2.75, 3.05) is 20.2 Å². The van der Waals surface area contributed by atoms with Gasteiger partial charge in [-0.2, -0.15) is 4.52 Å². The molecule has 9 heteroatoms. The van der Waals surface area contributed by atoms with Crippen LogP contribution in [0, 0.1) is 12.8 Å². The lowest BCUT2D eigenvalue weighted by Gasteiger charge is -2.35. The van der Waals surface area contributed by atoms with Gasteiger partial charge in [-0.3, -0.25) is 9.69 Å². The molecule has 1 N–H and O–H groups in total. The van der Waals surface area contributed by atoms with Crippen molar-refractivity contribution in [2.24, 2.45) is 5.92 Å². The van der Waals surface area contributed by atoms with Crippen molar-refractivity contribution in [2.45, 2.75) is 25.8 Å². The smallest absolute Gasteiger partial charge is 0.308 e. The Morgan fingerprint density at radius 2 is 2.23 bits per heavy atom. The number of rotatable bonds is 4. The van der Waals surface area contributed by atoms with Crippen molar-refractivity contribution in [3.05, 3.63) is 34.9 Å². The van der Waals surface area contributed by atoms with Gasteiger partial charge in [0.1, 0.15) is 17.6 Å². The van der Waals surface area contributed by atoms with Crippen LogP contribution in [-0.2, 0) is 9.53 Å². The van der Waals surface area contributed by atoms with Crippen molar-refractivity contribution in [1.82, 2.24) is 19.5 Å². The Balaban J connectivity index is 1.66. The van der Waals surface area contributed by atoms with Gasteiger partial charge in [-0.1, -0.05) is 11.3 Å². The van der Waals surface area contributed by atoms with E-state index in [4.69, 9.17) is 9.15 Å². The second kappa shape index (κ2) is 6.73. The molecule has 0 radical (unpaired) electrons. The SMILES string of the molecule is COC(=O)C1CCN([C@@H](c2ccco2)c2sc3nc(C)nn3c2O)CC1. The first kappa shape index (κ1) is 17.0. The van der Waals surface area contributed by atoms with Gasteiger partial charge in [0, 0.05) is 13.1 Å². The topological polar surface area (TPSA) is 93.1 Å². The summed E-state index contributed by atoms with van der Waals surface area (Å²) in [4.78, 5) is 19.8. The average Bonchev–Trinajstić information content (AvgIpc) is 3.35. The molecule has 138 valence electrons. The molecule has 1 fully saturated rings. The number of ether oxygens (including phenoxy) is 1. The Labute approximate surface area is 154 Å². The molecule has 0 aromatic carbocycles. The van der Waals surface area contributed by atoms with E-state index in [2.05, 4.69) is 15.0 Å². The number of methoxy groups -OCH3 is 1. The number of likely N-dealkylation sites (tertiary alicyclic amines) is 1. The van der Waals surface area contributed by atoms with Gasteiger partial charge in [0.05, 0.1) is 24.2 Å². The molecule has 1 aliphatic rings. The molecule has 3 aromatic rings. The molecule has 0 bridgehead atoms. The molecule has 1 saturated heterocycles. The number of carbonyl (C=O) groups is 1. The van der Waals surface area contributed by atoms with E-state index in [1.165, 1.54) is 23.0 Å². The third kappa shape index (κ3) is 2.86. The molecule has 0 amide bonds. The summed E-state index contributed by atoms with van der Waals surface area (Å²) in [5, 5.41) is 15.0. The maximum absolute atomic E-state index is 11.8. The maximum atomic E-state index is 11.8. The van der Waals surface area contributed by atoms with Crippen molar-refractivity contribution >= 4 is 22.3 Å². The predicted octanol–water partition coefficient (Wildman–Crippen LogP) is 2.37. The van der Waals surface area contributed by atoms with Gasteiger partial charge in [-0.15, -0.1) is 5.10 Å². The lowest BCUT2D eigenvalue weighted by atomic mass is 9.95. The van der Waals surface area contributed by atoms with Gasteiger partial charge in [0.15, 0.2) is 0 Å². The summed E-state index contributed by atoms with van der Waals surface area (Å²) in [6.07, 6.45) is 3.05. The molecule has 1 aliphatic heterocycles. The minimum absolute atomic E-state index is 0.0768. The quantitative estimate of drug-likeness (QED) is 0.699. The Morgan fingerprint density at radius 3 is 2.85 bits per heavy atom. The number of furan rings is 1. The van der Waals surface area contributed by atoms with E-state index in [-0.39, 0.29) is 23.8 Å². The van der Waals surface area contributed by atoms with Crippen LogP contribution >= 0.6 is 11.3 Å². The molecule has 3 aromatic heterocycles. The van der Waals surface area contributed by atoms with E-state index in [1.807, 2.05) is 12.1 Å². The number of aromatic hydroxyl groups is 1. The van der Waals surface area contributed by atoms with Crippen LogP contribution in [0.1, 0.15) is 35.3 Å². The molecule has 4 heterocycles. The predicted molar refractivity (Wildman–Crippen MR) is 94.1 cm³/mol. The zero-order valence-electron chi connectivity index (χ0n) is 14.6. The van der Waals surface area contributed by atoms with E-state index >= 15 is 0 Å². The van der Waals surface area contributed by atoms with E-state index in [1.54, 1.807) is 13.2 Å². The highest BCUT2D eigenvalue weighted by molar-refractivity contribution is 7.17. The van der Waals surface area contributed by atoms with Crippen molar-refractivity contribution in [3.8, 4) is 5.88 Å². The van der Waals surface area contributed by atoms with Crippen molar-refractivity contribution in [1.29, 1.82) is 0 Å². The van der Waals surface area contributed by atoms with Crippen LogP contribution in [0.4, 0.5) is 0 Å². The van der Waals surface area contributed by atoms with Gasteiger partial charge in [0.25, 0.3) is 0 Å². The van der Waals surface area contributed by atoms with Crippen LogP contribution in [-0.4, -0.2) is 50.8 Å². The average molecular weight is 376 g/mol. The number of aromatic nitrogens is 3. The van der Waals surface area contributed by atoms with Crippen molar-refractivity contribution in [3.63, 3.8) is 0 Å². The largest absolute Gasteiger partial charge is 0.492 e. The van der Waals surface area contributed by atoms with Crippen LogP contribution in [0.15, 0.2) is 22.8 Å². The number of nitrogens with zero attached hydrogens (tertiary/aromatic N) is 4. The molecule has 0 saturated carbocycles. The van der Waals surface area contributed by atoms with E-state index in [0.29, 0.717) is 36.7 Å². The van der Waals surface area contributed by atoms with E-state index < -0.39 is 0 Å². The number of hydrogen-bond donors (Lipinski definition) is 1. The maximum Gasteiger partial charge on any atom is 0.308 e. The monoisotopic (exact) mass is 376 g/mol. The van der Waals surface area contributed by atoms with Crippen LogP contribution < -0.4 is 0 Å². The zero-order valence-corrected chi connectivity index (χ0v) is 15.4. The molecule has 8 nitrogen and oxygen atoms in total. The molecule has 1 atom stereocenters. The molecular formula is C17H20N4O4S. The third-order valence-electron chi connectivity index (χ3n) is 4.80. The highest BCUT2D eigenvalue weighted by Gasteiger charge is 2.35. The number of piperidine rings is 1. The second-order valence-electron chi connectivity index (χ2n) is 6.39. The molecule has 26 heavy (non-hydrogen) atoms. The van der Waals surface area contributed by atoms with Gasteiger partial charge in [-0.25, -0.2) is 4.98 Å². The first-order valence-corrected chi connectivity index (χ1v) is 9.30. The van der Waals surface area contributed by atoms with Crippen LogP contribution in [0.5, 0.6) is 5.88 Å². The number of carbonyl (C=O) groups excluding carboxylic acids is 1. The first-order chi connectivity index (χ1) is 12.6.